The monoisotopic (exact) mass is 280 g/mol. The number of hydrogen-bond donors (Lipinski definition) is 1. The first-order chi connectivity index (χ1) is 9.70. The Morgan fingerprint density at radius 1 is 1.05 bits per heavy atom. The van der Waals surface area contributed by atoms with Crippen LogP contribution in [0.3, 0.4) is 0 Å². The minimum Gasteiger partial charge on any atom is -0.353 e. The zero-order valence-corrected chi connectivity index (χ0v) is 11.1. The van der Waals surface area contributed by atoms with Crippen molar-refractivity contribution in [3.05, 3.63) is 69.3 Å². The van der Waals surface area contributed by atoms with Crippen LogP contribution in [-0.4, -0.2) is 4.98 Å². The van der Waals surface area contributed by atoms with Crippen LogP contribution < -0.4 is 5.43 Å². The molecule has 0 amide bonds. The fraction of sp³-hybridized carbons (Fsp3) is 0. The molecule has 0 aliphatic heterocycles. The van der Waals surface area contributed by atoms with E-state index in [0.29, 0.717) is 21.6 Å². The van der Waals surface area contributed by atoms with E-state index in [4.69, 9.17) is 11.6 Å². The van der Waals surface area contributed by atoms with Crippen LogP contribution >= 0.6 is 11.6 Å². The Morgan fingerprint density at radius 2 is 1.75 bits per heavy atom. The van der Waals surface area contributed by atoms with E-state index >= 15 is 0 Å². The van der Waals surface area contributed by atoms with Gasteiger partial charge in [0.25, 0.3) is 0 Å². The lowest BCUT2D eigenvalue weighted by Gasteiger charge is -2.07. The molecule has 0 atom stereocenters. The summed E-state index contributed by atoms with van der Waals surface area (Å²) in [6.07, 6.45) is 0. The second kappa shape index (κ2) is 4.84. The maximum Gasteiger partial charge on any atom is 0.207 e. The molecule has 3 rings (SSSR count). The molecule has 3 nitrogen and oxygen atoms in total. The molecular weight excluding hydrogens is 272 g/mol. The summed E-state index contributed by atoms with van der Waals surface area (Å²) in [5.41, 5.74) is 1.85. The van der Waals surface area contributed by atoms with Gasteiger partial charge in [0.2, 0.25) is 5.43 Å². The number of H-pyrrole nitrogens is 1. The van der Waals surface area contributed by atoms with Crippen molar-refractivity contribution in [3.63, 3.8) is 0 Å². The van der Waals surface area contributed by atoms with Crippen molar-refractivity contribution in [2.24, 2.45) is 0 Å². The number of para-hydroxylation sites is 1. The summed E-state index contributed by atoms with van der Waals surface area (Å²) >= 11 is 5.86. The Morgan fingerprint density at radius 3 is 2.45 bits per heavy atom. The van der Waals surface area contributed by atoms with Crippen LogP contribution in [0.4, 0.5) is 0 Å². The molecule has 96 valence electrons. The van der Waals surface area contributed by atoms with Crippen LogP contribution in [0.1, 0.15) is 5.56 Å². The van der Waals surface area contributed by atoms with Gasteiger partial charge >= 0.3 is 0 Å². The Labute approximate surface area is 120 Å². The summed E-state index contributed by atoms with van der Waals surface area (Å²) in [7, 11) is 0. The highest BCUT2D eigenvalue weighted by Gasteiger charge is 2.12. The van der Waals surface area contributed by atoms with Gasteiger partial charge in [0.05, 0.1) is 5.69 Å². The summed E-state index contributed by atoms with van der Waals surface area (Å²) < 4.78 is 0. The summed E-state index contributed by atoms with van der Waals surface area (Å²) in [5, 5.41) is 10.4. The third-order valence-corrected chi connectivity index (χ3v) is 3.41. The van der Waals surface area contributed by atoms with E-state index in [1.165, 1.54) is 0 Å². The molecule has 1 aromatic heterocycles. The van der Waals surface area contributed by atoms with Crippen LogP contribution in [0.25, 0.3) is 22.2 Å². The largest absolute Gasteiger partial charge is 0.353 e. The van der Waals surface area contributed by atoms with Crippen molar-refractivity contribution >= 4 is 22.5 Å². The molecule has 0 saturated carbocycles. The number of halogens is 1. The molecule has 0 unspecified atom stereocenters. The highest BCUT2D eigenvalue weighted by molar-refractivity contribution is 6.30. The first kappa shape index (κ1) is 12.5. The zero-order valence-electron chi connectivity index (χ0n) is 10.4. The van der Waals surface area contributed by atoms with Gasteiger partial charge < -0.3 is 4.98 Å². The first-order valence-corrected chi connectivity index (χ1v) is 6.39. The van der Waals surface area contributed by atoms with Crippen LogP contribution in [0, 0.1) is 11.3 Å². The molecule has 20 heavy (non-hydrogen) atoms. The quantitative estimate of drug-likeness (QED) is 0.738. The molecule has 0 radical (unpaired) electrons. The number of aromatic amines is 1. The summed E-state index contributed by atoms with van der Waals surface area (Å²) in [6.45, 7) is 0. The molecule has 0 aliphatic rings. The Hall–Kier alpha value is -2.57. The molecule has 4 heteroatoms. The number of nitriles is 1. The second-order valence-electron chi connectivity index (χ2n) is 4.37. The molecule has 2 aromatic carbocycles. The summed E-state index contributed by atoms with van der Waals surface area (Å²) in [6, 6.07) is 16.2. The van der Waals surface area contributed by atoms with Gasteiger partial charge in [-0.2, -0.15) is 5.26 Å². The topological polar surface area (TPSA) is 56.6 Å². The molecule has 3 aromatic rings. The number of nitrogens with one attached hydrogen (secondary N) is 1. The lowest BCUT2D eigenvalue weighted by atomic mass is 10.0. The fourth-order valence-corrected chi connectivity index (χ4v) is 2.30. The number of hydrogen-bond acceptors (Lipinski definition) is 2. The maximum atomic E-state index is 12.4. The standard InChI is InChI=1S/C16H9ClN2O/c17-11-7-5-10(6-8-11)15-13(9-18)16(20)12-3-1-2-4-14(12)19-15/h1-8H,(H,19,20). The fourth-order valence-electron chi connectivity index (χ4n) is 2.18. The maximum absolute atomic E-state index is 12.4. The SMILES string of the molecule is N#Cc1c(-c2ccc(Cl)cc2)[nH]c2ccccc2c1=O. The first-order valence-electron chi connectivity index (χ1n) is 6.02. The lowest BCUT2D eigenvalue weighted by molar-refractivity contribution is 1.34. The number of nitrogens with zero attached hydrogens (tertiary/aromatic N) is 1. The molecule has 0 fully saturated rings. The minimum absolute atomic E-state index is 0.117. The van der Waals surface area contributed by atoms with Gasteiger partial charge in [-0.3, -0.25) is 4.79 Å². The highest BCUT2D eigenvalue weighted by Crippen LogP contribution is 2.23. The number of pyridine rings is 1. The van der Waals surface area contributed by atoms with Crippen LogP contribution in [-0.2, 0) is 0 Å². The molecular formula is C16H9ClN2O. The van der Waals surface area contributed by atoms with Crippen LogP contribution in [0.15, 0.2) is 53.3 Å². The Balaban J connectivity index is 2.38. The molecule has 1 heterocycles. The molecule has 0 bridgehead atoms. The van der Waals surface area contributed by atoms with Crippen molar-refractivity contribution in [1.82, 2.24) is 4.98 Å². The van der Waals surface area contributed by atoms with E-state index in [9.17, 15) is 10.1 Å². The second-order valence-corrected chi connectivity index (χ2v) is 4.80. The Kier molecular flexibility index (Phi) is 3.02. The van der Waals surface area contributed by atoms with Gasteiger partial charge in [-0.15, -0.1) is 0 Å². The molecule has 1 N–H and O–H groups in total. The average Bonchev–Trinajstić information content (AvgIpc) is 2.48. The van der Waals surface area contributed by atoms with E-state index in [1.54, 1.807) is 36.4 Å². The van der Waals surface area contributed by atoms with Gasteiger partial charge in [-0.1, -0.05) is 35.9 Å². The molecule has 0 spiro atoms. The van der Waals surface area contributed by atoms with Gasteiger partial charge in [-0.25, -0.2) is 0 Å². The van der Waals surface area contributed by atoms with Gasteiger partial charge in [0.15, 0.2) is 0 Å². The van der Waals surface area contributed by atoms with Gasteiger partial charge in [0.1, 0.15) is 11.6 Å². The van der Waals surface area contributed by atoms with Crippen LogP contribution in [0.2, 0.25) is 5.02 Å². The predicted molar refractivity (Wildman–Crippen MR) is 79.7 cm³/mol. The van der Waals surface area contributed by atoms with Crippen molar-refractivity contribution in [2.75, 3.05) is 0 Å². The van der Waals surface area contributed by atoms with E-state index < -0.39 is 0 Å². The predicted octanol–water partition coefficient (Wildman–Crippen LogP) is 3.72. The number of benzene rings is 2. The zero-order chi connectivity index (χ0) is 14.1. The van der Waals surface area contributed by atoms with E-state index in [0.717, 1.165) is 5.56 Å². The van der Waals surface area contributed by atoms with E-state index in [2.05, 4.69) is 4.98 Å². The summed E-state index contributed by atoms with van der Waals surface area (Å²) in [4.78, 5) is 15.5. The number of rotatable bonds is 1. The highest BCUT2D eigenvalue weighted by atomic mass is 35.5. The van der Waals surface area contributed by atoms with Crippen LogP contribution in [0.5, 0.6) is 0 Å². The number of aromatic nitrogens is 1. The lowest BCUT2D eigenvalue weighted by Crippen LogP contribution is -2.10. The van der Waals surface area contributed by atoms with Crippen molar-refractivity contribution < 1.29 is 0 Å². The van der Waals surface area contributed by atoms with Gasteiger partial charge in [-0.05, 0) is 29.8 Å². The summed E-state index contributed by atoms with van der Waals surface area (Å²) in [5.74, 6) is 0. The van der Waals surface area contributed by atoms with E-state index in [1.807, 2.05) is 18.2 Å². The molecule has 0 saturated heterocycles. The number of fused-ring (bicyclic) bond motifs is 1. The smallest absolute Gasteiger partial charge is 0.207 e. The third kappa shape index (κ3) is 1.97. The van der Waals surface area contributed by atoms with Crippen molar-refractivity contribution in [2.45, 2.75) is 0 Å². The normalized spacial score (nSPS) is 10.4. The minimum atomic E-state index is -0.258. The third-order valence-electron chi connectivity index (χ3n) is 3.15. The Bertz CT molecular complexity index is 889. The van der Waals surface area contributed by atoms with E-state index in [-0.39, 0.29) is 11.0 Å². The van der Waals surface area contributed by atoms with Crippen molar-refractivity contribution in [3.8, 4) is 17.3 Å². The molecule has 0 aliphatic carbocycles. The van der Waals surface area contributed by atoms with Gasteiger partial charge in [0, 0.05) is 15.9 Å². The average molecular weight is 281 g/mol. The van der Waals surface area contributed by atoms with Crippen molar-refractivity contribution in [1.29, 1.82) is 5.26 Å².